The highest BCUT2D eigenvalue weighted by atomic mass is 16.6. The molecule has 1 aromatic rings. The first-order valence-electron chi connectivity index (χ1n) is 4.64. The summed E-state index contributed by atoms with van der Waals surface area (Å²) in [7, 11) is 0. The van der Waals surface area contributed by atoms with E-state index in [1.165, 1.54) is 19.2 Å². The van der Waals surface area contributed by atoms with Crippen molar-refractivity contribution in [3.8, 4) is 11.8 Å². The fourth-order valence-electron chi connectivity index (χ4n) is 0.993. The zero-order valence-electron chi connectivity index (χ0n) is 9.06. The van der Waals surface area contributed by atoms with Gasteiger partial charge in [0.15, 0.2) is 0 Å². The van der Waals surface area contributed by atoms with Crippen molar-refractivity contribution >= 4 is 17.4 Å². The topological polar surface area (TPSA) is 111 Å². The van der Waals surface area contributed by atoms with Gasteiger partial charge in [0, 0.05) is 24.8 Å². The first-order chi connectivity index (χ1) is 8.00. The Hall–Kier alpha value is -2.62. The number of pyridine rings is 1. The van der Waals surface area contributed by atoms with Gasteiger partial charge in [-0.1, -0.05) is 11.8 Å². The van der Waals surface area contributed by atoms with Crippen LogP contribution in [0.3, 0.4) is 0 Å². The molecule has 7 nitrogen and oxygen atoms in total. The lowest BCUT2D eigenvalue weighted by atomic mass is 10.2. The number of nitro groups is 1. The fraction of sp³-hybridized carbons (Fsp3) is 0.200. The molecule has 0 radical (unpaired) electrons. The smallest absolute Gasteiger partial charge is 0.312 e. The van der Waals surface area contributed by atoms with Crippen LogP contribution in [0.25, 0.3) is 0 Å². The summed E-state index contributed by atoms with van der Waals surface area (Å²) < 4.78 is 0. The molecular weight excluding hydrogens is 224 g/mol. The highest BCUT2D eigenvalue weighted by molar-refractivity contribution is 5.73. The zero-order valence-corrected chi connectivity index (χ0v) is 9.06. The van der Waals surface area contributed by atoms with Crippen LogP contribution in [0.5, 0.6) is 0 Å². The molecule has 0 aliphatic rings. The van der Waals surface area contributed by atoms with Crippen molar-refractivity contribution < 1.29 is 9.72 Å². The van der Waals surface area contributed by atoms with E-state index >= 15 is 0 Å². The third-order valence-corrected chi connectivity index (χ3v) is 1.75. The molecule has 0 saturated carbocycles. The number of nitrogens with two attached hydrogens (primary N) is 1. The molecule has 7 heteroatoms. The second kappa shape index (κ2) is 5.46. The number of carbonyl (C=O) groups is 1. The van der Waals surface area contributed by atoms with Crippen molar-refractivity contribution in [2.45, 2.75) is 6.92 Å². The Morgan fingerprint density at radius 3 is 3.00 bits per heavy atom. The fourth-order valence-corrected chi connectivity index (χ4v) is 0.993. The minimum absolute atomic E-state index is 0.151. The summed E-state index contributed by atoms with van der Waals surface area (Å²) in [4.78, 5) is 24.2. The summed E-state index contributed by atoms with van der Waals surface area (Å²) in [6.07, 6.45) is 1.34. The Morgan fingerprint density at radius 1 is 1.71 bits per heavy atom. The maximum absolute atomic E-state index is 10.6. The van der Waals surface area contributed by atoms with E-state index in [-0.39, 0.29) is 24.0 Å². The number of hydrogen-bond acceptors (Lipinski definition) is 5. The van der Waals surface area contributed by atoms with Gasteiger partial charge in [0.05, 0.1) is 11.5 Å². The van der Waals surface area contributed by atoms with E-state index in [1.807, 2.05) is 0 Å². The standard InChI is InChI=1S/C10H10N4O3/c1-7(15)12-4-2-3-8-5-9(14(16)17)10(11)13-6-8/h5-6H,4H2,1H3,(H2,11,13)(H,12,15). The third kappa shape index (κ3) is 3.79. The van der Waals surface area contributed by atoms with Crippen LogP contribution in [0, 0.1) is 22.0 Å². The van der Waals surface area contributed by atoms with Crippen LogP contribution in [0.1, 0.15) is 12.5 Å². The van der Waals surface area contributed by atoms with Gasteiger partial charge in [0.1, 0.15) is 0 Å². The van der Waals surface area contributed by atoms with E-state index in [2.05, 4.69) is 22.1 Å². The first kappa shape index (κ1) is 12.4. The van der Waals surface area contributed by atoms with Gasteiger partial charge in [0.25, 0.3) is 0 Å². The van der Waals surface area contributed by atoms with Crippen LogP contribution < -0.4 is 11.1 Å². The van der Waals surface area contributed by atoms with E-state index in [0.717, 1.165) is 0 Å². The van der Waals surface area contributed by atoms with E-state index in [1.54, 1.807) is 0 Å². The highest BCUT2D eigenvalue weighted by Crippen LogP contribution is 2.18. The largest absolute Gasteiger partial charge is 0.378 e. The Labute approximate surface area is 97.2 Å². The molecule has 0 aliphatic carbocycles. The number of amides is 1. The number of carbonyl (C=O) groups excluding carboxylic acids is 1. The van der Waals surface area contributed by atoms with Gasteiger partial charge in [-0.25, -0.2) is 4.98 Å². The van der Waals surface area contributed by atoms with Crippen LogP contribution in [-0.2, 0) is 4.79 Å². The summed E-state index contributed by atoms with van der Waals surface area (Å²) in [6, 6.07) is 1.24. The predicted molar refractivity (Wildman–Crippen MR) is 60.9 cm³/mol. The predicted octanol–water partition coefficient (Wildman–Crippen LogP) is 0.0596. The van der Waals surface area contributed by atoms with Crippen molar-refractivity contribution in [1.82, 2.24) is 10.3 Å². The van der Waals surface area contributed by atoms with Crippen LogP contribution in [0.15, 0.2) is 12.3 Å². The van der Waals surface area contributed by atoms with E-state index < -0.39 is 4.92 Å². The lowest BCUT2D eigenvalue weighted by Crippen LogP contribution is -2.19. The van der Waals surface area contributed by atoms with Crippen LogP contribution in [-0.4, -0.2) is 22.4 Å². The summed E-state index contributed by atoms with van der Waals surface area (Å²) in [6.45, 7) is 1.55. The Bertz CT molecular complexity index is 516. The third-order valence-electron chi connectivity index (χ3n) is 1.75. The molecule has 88 valence electrons. The number of anilines is 1. The Kier molecular flexibility index (Phi) is 4.00. The quantitative estimate of drug-likeness (QED) is 0.427. The maximum atomic E-state index is 10.6. The summed E-state index contributed by atoms with van der Waals surface area (Å²) >= 11 is 0. The zero-order chi connectivity index (χ0) is 12.8. The normalized spacial score (nSPS) is 9.00. The first-order valence-corrected chi connectivity index (χ1v) is 4.64. The molecule has 0 unspecified atom stereocenters. The summed E-state index contributed by atoms with van der Waals surface area (Å²) in [5.74, 6) is 4.92. The van der Waals surface area contributed by atoms with E-state index in [9.17, 15) is 14.9 Å². The molecule has 0 saturated heterocycles. The average molecular weight is 234 g/mol. The average Bonchev–Trinajstić information content (AvgIpc) is 2.25. The molecule has 3 N–H and O–H groups in total. The number of rotatable bonds is 2. The molecule has 0 bridgehead atoms. The molecule has 0 spiro atoms. The van der Waals surface area contributed by atoms with Gasteiger partial charge in [0.2, 0.25) is 11.7 Å². The highest BCUT2D eigenvalue weighted by Gasteiger charge is 2.12. The molecule has 1 amide bonds. The lowest BCUT2D eigenvalue weighted by Gasteiger charge is -1.96. The molecule has 0 aromatic carbocycles. The Balaban J connectivity index is 2.82. The van der Waals surface area contributed by atoms with Crippen LogP contribution in [0.2, 0.25) is 0 Å². The van der Waals surface area contributed by atoms with Crippen molar-refractivity contribution in [2.75, 3.05) is 12.3 Å². The molecule has 0 aliphatic heterocycles. The number of aromatic nitrogens is 1. The minimum atomic E-state index is -0.624. The molecule has 1 heterocycles. The lowest BCUT2D eigenvalue weighted by molar-refractivity contribution is -0.384. The van der Waals surface area contributed by atoms with Crippen molar-refractivity contribution in [1.29, 1.82) is 0 Å². The van der Waals surface area contributed by atoms with Crippen molar-refractivity contribution in [2.24, 2.45) is 0 Å². The molecule has 1 rings (SSSR count). The van der Waals surface area contributed by atoms with Gasteiger partial charge >= 0.3 is 5.69 Å². The Morgan fingerprint density at radius 2 is 2.41 bits per heavy atom. The second-order valence-electron chi connectivity index (χ2n) is 3.10. The van der Waals surface area contributed by atoms with E-state index in [0.29, 0.717) is 5.56 Å². The van der Waals surface area contributed by atoms with Gasteiger partial charge in [-0.15, -0.1) is 0 Å². The second-order valence-corrected chi connectivity index (χ2v) is 3.10. The van der Waals surface area contributed by atoms with Crippen molar-refractivity contribution in [3.05, 3.63) is 27.9 Å². The SMILES string of the molecule is CC(=O)NCC#Cc1cnc(N)c([N+](=O)[O-])c1. The van der Waals surface area contributed by atoms with Gasteiger partial charge in [-0.2, -0.15) is 0 Å². The van der Waals surface area contributed by atoms with Gasteiger partial charge in [-0.3, -0.25) is 14.9 Å². The number of nitrogens with one attached hydrogen (secondary N) is 1. The molecule has 17 heavy (non-hydrogen) atoms. The van der Waals surface area contributed by atoms with E-state index in [4.69, 9.17) is 5.73 Å². The molecule has 1 aromatic heterocycles. The van der Waals surface area contributed by atoms with Gasteiger partial charge < -0.3 is 11.1 Å². The summed E-state index contributed by atoms with van der Waals surface area (Å²) in [5, 5.41) is 13.0. The monoisotopic (exact) mass is 234 g/mol. The van der Waals surface area contributed by atoms with Crippen molar-refractivity contribution in [3.63, 3.8) is 0 Å². The number of nitrogen functional groups attached to an aromatic ring is 1. The number of hydrogen-bond donors (Lipinski definition) is 2. The number of nitrogens with zero attached hydrogens (tertiary/aromatic N) is 2. The summed E-state index contributed by atoms with van der Waals surface area (Å²) in [5.41, 5.74) is 5.42. The van der Waals surface area contributed by atoms with Crippen LogP contribution >= 0.6 is 0 Å². The van der Waals surface area contributed by atoms with Gasteiger partial charge in [-0.05, 0) is 0 Å². The molecule has 0 atom stereocenters. The molecule has 0 fully saturated rings. The van der Waals surface area contributed by atoms with Crippen LogP contribution in [0.4, 0.5) is 11.5 Å². The minimum Gasteiger partial charge on any atom is -0.378 e. The maximum Gasteiger partial charge on any atom is 0.312 e. The molecular formula is C10H10N4O3.